The number of carbonyl (C=O) groups is 1. The van der Waals surface area contributed by atoms with Gasteiger partial charge in [0.05, 0.1) is 0 Å². The number of hydrogen-bond acceptors (Lipinski definition) is 1. The highest BCUT2D eigenvalue weighted by Crippen LogP contribution is 2.28. The van der Waals surface area contributed by atoms with E-state index >= 15 is 0 Å². The summed E-state index contributed by atoms with van der Waals surface area (Å²) in [5.41, 5.74) is 1.56. The van der Waals surface area contributed by atoms with Gasteiger partial charge in [0.1, 0.15) is 4.83 Å². The molecule has 0 aromatic heterocycles. The van der Waals surface area contributed by atoms with E-state index in [2.05, 4.69) is 15.9 Å². The van der Waals surface area contributed by atoms with E-state index in [9.17, 15) is 4.79 Å². The van der Waals surface area contributed by atoms with Gasteiger partial charge in [-0.15, -0.1) is 0 Å². The van der Waals surface area contributed by atoms with E-state index in [-0.39, 0.29) is 10.6 Å². The van der Waals surface area contributed by atoms with Gasteiger partial charge in [-0.3, -0.25) is 4.79 Å². The van der Waals surface area contributed by atoms with Crippen LogP contribution in [0.3, 0.4) is 0 Å². The number of halogens is 2. The van der Waals surface area contributed by atoms with Gasteiger partial charge in [-0.05, 0) is 17.7 Å². The molecule has 1 nitrogen and oxygen atoms in total. The molecule has 0 saturated carbocycles. The van der Waals surface area contributed by atoms with Crippen LogP contribution < -0.4 is 0 Å². The molecule has 1 unspecified atom stereocenters. The summed E-state index contributed by atoms with van der Waals surface area (Å²) in [6.07, 6.45) is 0. The largest absolute Gasteiger partial charge is 0.293 e. The molecule has 0 bridgehead atoms. The smallest absolute Gasteiger partial charge is 0.180 e. The molecular weight excluding hydrogens is 300 g/mol. The molecule has 0 aliphatic rings. The predicted octanol–water partition coefficient (Wildman–Crippen LogP) is 4.66. The summed E-state index contributed by atoms with van der Waals surface area (Å²) in [6, 6.07) is 16.5. The lowest BCUT2D eigenvalue weighted by Gasteiger charge is -2.09. The average Bonchev–Trinajstić information content (AvgIpc) is 2.38. The second-order valence-electron chi connectivity index (χ2n) is 3.65. The molecule has 3 heteroatoms. The summed E-state index contributed by atoms with van der Waals surface area (Å²) < 4.78 is 0. The van der Waals surface area contributed by atoms with E-state index in [1.54, 1.807) is 24.3 Å². The summed E-state index contributed by atoms with van der Waals surface area (Å²) in [6.45, 7) is 0. The first kappa shape index (κ1) is 12.3. The maximum absolute atomic E-state index is 12.2. The molecule has 86 valence electrons. The van der Waals surface area contributed by atoms with Gasteiger partial charge in [0, 0.05) is 10.6 Å². The lowest BCUT2D eigenvalue weighted by Crippen LogP contribution is -2.06. The van der Waals surface area contributed by atoms with Crippen molar-refractivity contribution in [2.75, 3.05) is 0 Å². The Hall–Kier alpha value is -1.12. The zero-order chi connectivity index (χ0) is 12.3. The zero-order valence-corrected chi connectivity index (χ0v) is 11.3. The van der Waals surface area contributed by atoms with Crippen molar-refractivity contribution < 1.29 is 4.79 Å². The van der Waals surface area contributed by atoms with Crippen LogP contribution >= 0.6 is 27.5 Å². The number of Topliss-reactive ketones (excluding diaryl/α,β-unsaturated/α-hetero) is 1. The maximum atomic E-state index is 12.2. The van der Waals surface area contributed by atoms with E-state index < -0.39 is 0 Å². The molecule has 0 spiro atoms. The quantitative estimate of drug-likeness (QED) is 0.595. The Kier molecular flexibility index (Phi) is 3.97. The molecule has 0 N–H and O–H groups in total. The highest BCUT2D eigenvalue weighted by atomic mass is 79.9. The van der Waals surface area contributed by atoms with Crippen molar-refractivity contribution in [3.05, 3.63) is 70.7 Å². The van der Waals surface area contributed by atoms with Crippen LogP contribution in [0, 0.1) is 0 Å². The Balaban J connectivity index is 2.27. The second kappa shape index (κ2) is 5.48. The molecular formula is C14H10BrClO. The molecule has 0 aliphatic heterocycles. The van der Waals surface area contributed by atoms with Crippen LogP contribution in [-0.4, -0.2) is 5.78 Å². The Morgan fingerprint density at radius 1 is 1.06 bits per heavy atom. The molecule has 0 amide bonds. The third-order valence-electron chi connectivity index (χ3n) is 2.43. The number of rotatable bonds is 3. The van der Waals surface area contributed by atoms with Gasteiger partial charge < -0.3 is 0 Å². The van der Waals surface area contributed by atoms with Crippen LogP contribution in [0.5, 0.6) is 0 Å². The highest BCUT2D eigenvalue weighted by Gasteiger charge is 2.18. The Labute approximate surface area is 114 Å². The Bertz CT molecular complexity index is 525. The summed E-state index contributed by atoms with van der Waals surface area (Å²) in [5, 5.41) is 0.632. The zero-order valence-electron chi connectivity index (χ0n) is 8.94. The SMILES string of the molecule is O=C(c1ccccc1)C(Br)c1cccc(Cl)c1. The van der Waals surface area contributed by atoms with Crippen molar-refractivity contribution in [1.29, 1.82) is 0 Å². The fraction of sp³-hybridized carbons (Fsp3) is 0.0714. The molecule has 0 radical (unpaired) electrons. The van der Waals surface area contributed by atoms with Crippen molar-refractivity contribution in [3.63, 3.8) is 0 Å². The molecule has 0 saturated heterocycles. The number of benzene rings is 2. The topological polar surface area (TPSA) is 17.1 Å². The standard InChI is InChI=1S/C14H10BrClO/c15-13(11-7-4-8-12(16)9-11)14(17)10-5-2-1-3-6-10/h1-9,13H. The van der Waals surface area contributed by atoms with Crippen molar-refractivity contribution in [3.8, 4) is 0 Å². The molecule has 2 aromatic rings. The minimum absolute atomic E-state index is 0.0351. The number of ketones is 1. The third kappa shape index (κ3) is 2.96. The number of carbonyl (C=O) groups excluding carboxylic acids is 1. The minimum Gasteiger partial charge on any atom is -0.293 e. The fourth-order valence-corrected chi connectivity index (χ4v) is 2.31. The van der Waals surface area contributed by atoms with E-state index in [0.29, 0.717) is 10.6 Å². The van der Waals surface area contributed by atoms with Gasteiger partial charge in [-0.1, -0.05) is 70.0 Å². The van der Waals surface area contributed by atoms with Crippen LogP contribution in [0.1, 0.15) is 20.7 Å². The Morgan fingerprint density at radius 3 is 2.41 bits per heavy atom. The van der Waals surface area contributed by atoms with Crippen molar-refractivity contribution in [1.82, 2.24) is 0 Å². The number of hydrogen-bond donors (Lipinski definition) is 0. The monoisotopic (exact) mass is 308 g/mol. The van der Waals surface area contributed by atoms with Gasteiger partial charge >= 0.3 is 0 Å². The molecule has 1 atom stereocenters. The van der Waals surface area contributed by atoms with Crippen LogP contribution in [-0.2, 0) is 0 Å². The molecule has 0 heterocycles. The number of alkyl halides is 1. The highest BCUT2D eigenvalue weighted by molar-refractivity contribution is 9.09. The minimum atomic E-state index is -0.358. The van der Waals surface area contributed by atoms with E-state index in [4.69, 9.17) is 11.6 Å². The molecule has 2 aromatic carbocycles. The summed E-state index contributed by atoms with van der Waals surface area (Å²) in [4.78, 5) is 11.8. The van der Waals surface area contributed by atoms with E-state index in [1.807, 2.05) is 30.3 Å². The average molecular weight is 310 g/mol. The van der Waals surface area contributed by atoms with Gasteiger partial charge in [0.2, 0.25) is 0 Å². The van der Waals surface area contributed by atoms with Crippen LogP contribution in [0.4, 0.5) is 0 Å². The lowest BCUT2D eigenvalue weighted by molar-refractivity contribution is 0.0991. The Morgan fingerprint density at radius 2 is 1.76 bits per heavy atom. The summed E-state index contributed by atoms with van der Waals surface area (Å²) >= 11 is 9.32. The van der Waals surface area contributed by atoms with Crippen LogP contribution in [0.15, 0.2) is 54.6 Å². The summed E-state index contributed by atoms with van der Waals surface area (Å²) in [7, 11) is 0. The van der Waals surface area contributed by atoms with Crippen molar-refractivity contribution in [2.24, 2.45) is 0 Å². The molecule has 0 aliphatic carbocycles. The van der Waals surface area contributed by atoms with Gasteiger partial charge in [0.15, 0.2) is 5.78 Å². The lowest BCUT2D eigenvalue weighted by atomic mass is 10.0. The van der Waals surface area contributed by atoms with Gasteiger partial charge in [-0.25, -0.2) is 0 Å². The first-order valence-electron chi connectivity index (χ1n) is 5.17. The maximum Gasteiger partial charge on any atom is 0.180 e. The molecule has 2 rings (SSSR count). The normalized spacial score (nSPS) is 12.1. The van der Waals surface area contributed by atoms with Crippen molar-refractivity contribution >= 4 is 33.3 Å². The third-order valence-corrected chi connectivity index (χ3v) is 3.61. The fourth-order valence-electron chi connectivity index (χ4n) is 1.56. The molecule has 17 heavy (non-hydrogen) atoms. The molecule has 0 fully saturated rings. The van der Waals surface area contributed by atoms with Crippen LogP contribution in [0.2, 0.25) is 5.02 Å². The van der Waals surface area contributed by atoms with E-state index in [1.165, 1.54) is 0 Å². The summed E-state index contributed by atoms with van der Waals surface area (Å²) in [5.74, 6) is 0.0351. The van der Waals surface area contributed by atoms with Gasteiger partial charge in [0.25, 0.3) is 0 Å². The second-order valence-corrected chi connectivity index (χ2v) is 5.00. The predicted molar refractivity (Wildman–Crippen MR) is 73.9 cm³/mol. The first-order chi connectivity index (χ1) is 8.18. The van der Waals surface area contributed by atoms with Gasteiger partial charge in [-0.2, -0.15) is 0 Å². The van der Waals surface area contributed by atoms with E-state index in [0.717, 1.165) is 5.56 Å². The van der Waals surface area contributed by atoms with Crippen molar-refractivity contribution in [2.45, 2.75) is 4.83 Å². The first-order valence-corrected chi connectivity index (χ1v) is 6.46. The van der Waals surface area contributed by atoms with Crippen LogP contribution in [0.25, 0.3) is 0 Å².